The van der Waals surface area contributed by atoms with Crippen molar-refractivity contribution in [1.82, 2.24) is 11.0 Å². The van der Waals surface area contributed by atoms with Crippen molar-refractivity contribution >= 4 is 126 Å². The first-order valence-electron chi connectivity index (χ1n) is 15.4. The summed E-state index contributed by atoms with van der Waals surface area (Å²) in [5, 5.41) is 24.4. The van der Waals surface area contributed by atoms with Crippen LogP contribution in [0.25, 0.3) is 0 Å². The molecule has 0 aromatic heterocycles. The van der Waals surface area contributed by atoms with Crippen LogP contribution in [0.1, 0.15) is 34.6 Å². The average molecular weight is 1080 g/mol. The molecule has 2 amide bonds. The molecule has 2 atom stereocenters. The Balaban J connectivity index is 0.000000296. The normalized spacial score (nSPS) is 12.4. The van der Waals surface area contributed by atoms with Gasteiger partial charge in [0.25, 0.3) is 11.8 Å². The van der Waals surface area contributed by atoms with E-state index >= 15 is 0 Å². The van der Waals surface area contributed by atoms with Crippen LogP contribution in [0.4, 0.5) is 44.7 Å². The number of hydrogen-bond acceptors (Lipinski definition) is 8. The van der Waals surface area contributed by atoms with Gasteiger partial charge in [-0.25, -0.2) is 19.7 Å². The number of amides is 2. The highest BCUT2D eigenvalue weighted by Crippen LogP contribution is 2.33. The van der Waals surface area contributed by atoms with E-state index in [1.807, 2.05) is 42.5 Å². The van der Waals surface area contributed by atoms with Crippen molar-refractivity contribution in [2.45, 2.75) is 32.2 Å². The van der Waals surface area contributed by atoms with Crippen LogP contribution in [0.3, 0.4) is 0 Å². The van der Waals surface area contributed by atoms with E-state index < -0.39 is 48.4 Å². The van der Waals surface area contributed by atoms with Gasteiger partial charge in [0.2, 0.25) is 0 Å². The Bertz CT molecular complexity index is 2000. The molecule has 0 aliphatic carbocycles. The fraction of sp³-hybridized carbons (Fsp3) is 0.235. The Kier molecular flexibility index (Phi) is 18.2. The van der Waals surface area contributed by atoms with Crippen LogP contribution < -0.4 is 21.6 Å². The zero-order valence-electron chi connectivity index (χ0n) is 28.1. The molecule has 0 saturated heterocycles. The fourth-order valence-electron chi connectivity index (χ4n) is 3.92. The number of aliphatic hydroxyl groups is 2. The molecule has 55 heavy (non-hydrogen) atoms. The second-order valence-electron chi connectivity index (χ2n) is 11.5. The molecule has 2 unspecified atom stereocenters. The van der Waals surface area contributed by atoms with Gasteiger partial charge in [0.05, 0.1) is 60.1 Å². The molecule has 6 N–H and O–H groups in total. The number of carbonyl (C=O) groups excluding carboxylic acids is 2. The largest absolute Gasteiger partial charge is 0.416 e. The molecule has 298 valence electrons. The van der Waals surface area contributed by atoms with Gasteiger partial charge >= 0.3 is 6.18 Å². The van der Waals surface area contributed by atoms with E-state index in [0.29, 0.717) is 16.4 Å². The van der Waals surface area contributed by atoms with Crippen LogP contribution in [0.15, 0.2) is 60.7 Å². The minimum absolute atomic E-state index is 0.0255. The van der Waals surface area contributed by atoms with Gasteiger partial charge in [-0.05, 0) is 112 Å². The number of carbonyl (C=O) groups is 2. The monoisotopic (exact) mass is 1080 g/mol. The second-order valence-corrected chi connectivity index (χ2v) is 15.6. The lowest BCUT2D eigenvalue weighted by molar-refractivity contribution is -0.221. The van der Waals surface area contributed by atoms with Gasteiger partial charge in [-0.3, -0.25) is 19.3 Å². The Hall–Kier alpha value is -2.47. The Morgan fingerprint density at radius 1 is 0.673 bits per heavy atom. The molecule has 10 nitrogen and oxygen atoms in total. The van der Waals surface area contributed by atoms with Crippen LogP contribution in [0.5, 0.6) is 0 Å². The molecule has 0 spiro atoms. The minimum atomic E-state index is -4.90. The summed E-state index contributed by atoms with van der Waals surface area (Å²) >= 11 is 27.9. The first kappa shape index (κ1) is 46.9. The number of aliphatic hydroxyl groups excluding tert-OH is 2. The van der Waals surface area contributed by atoms with Crippen molar-refractivity contribution < 1.29 is 51.4 Å². The molecule has 4 aromatic rings. The third-order valence-corrected chi connectivity index (χ3v) is 9.53. The highest BCUT2D eigenvalue weighted by molar-refractivity contribution is 14.1. The van der Waals surface area contributed by atoms with Crippen molar-refractivity contribution in [3.63, 3.8) is 0 Å². The first-order chi connectivity index (χ1) is 25.7. The van der Waals surface area contributed by atoms with Crippen molar-refractivity contribution in [3.05, 3.63) is 111 Å². The van der Waals surface area contributed by atoms with E-state index in [2.05, 4.69) is 43.5 Å². The number of halogens is 11. The van der Waals surface area contributed by atoms with Gasteiger partial charge in [0.15, 0.2) is 6.10 Å². The fourth-order valence-corrected chi connectivity index (χ4v) is 6.06. The third kappa shape index (κ3) is 14.5. The number of anilines is 4. The summed E-state index contributed by atoms with van der Waals surface area (Å²) in [7, 11) is 0. The highest BCUT2D eigenvalue weighted by Gasteiger charge is 2.38. The van der Waals surface area contributed by atoms with Crippen LogP contribution in [-0.4, -0.2) is 53.6 Å². The van der Waals surface area contributed by atoms with E-state index in [0.717, 1.165) is 25.3 Å². The molecule has 0 aliphatic rings. The van der Waals surface area contributed by atoms with E-state index in [1.165, 1.54) is 6.07 Å². The molecule has 21 heteroatoms. The van der Waals surface area contributed by atoms with E-state index in [-0.39, 0.29) is 50.1 Å². The zero-order chi connectivity index (χ0) is 41.2. The first-order valence-corrected chi connectivity index (χ1v) is 19.0. The molecule has 0 bridgehead atoms. The molecule has 0 heterocycles. The SMILES string of the molecule is CC(C)C(O)CONC(=O)c1cc(Cl)c(F)cc1Nc1ccc(I)cc1Cl.O=C(NOCC(O)C(F)(F)F)c1cc(Cl)c(F)cc1Nc1ccc(I)cc1Cl. The average Bonchev–Trinajstić information content (AvgIpc) is 3.09. The maximum Gasteiger partial charge on any atom is 0.416 e. The topological polar surface area (TPSA) is 141 Å². The molecular formula is C34H29Cl4F5I2N4O6. The van der Waals surface area contributed by atoms with Crippen molar-refractivity contribution in [2.24, 2.45) is 5.92 Å². The van der Waals surface area contributed by atoms with Crippen LogP contribution in [0.2, 0.25) is 20.1 Å². The van der Waals surface area contributed by atoms with Gasteiger partial charge in [0, 0.05) is 7.14 Å². The van der Waals surface area contributed by atoms with Crippen molar-refractivity contribution in [2.75, 3.05) is 23.8 Å². The molecule has 0 radical (unpaired) electrons. The number of alkyl halides is 3. The number of rotatable bonds is 13. The Morgan fingerprint density at radius 2 is 1.07 bits per heavy atom. The molecular weight excluding hydrogens is 1050 g/mol. The summed E-state index contributed by atoms with van der Waals surface area (Å²) in [6.07, 6.45) is -8.42. The van der Waals surface area contributed by atoms with Gasteiger partial charge in [-0.2, -0.15) is 13.2 Å². The van der Waals surface area contributed by atoms with E-state index in [1.54, 1.807) is 35.8 Å². The number of nitrogens with one attached hydrogen (secondary N) is 4. The van der Waals surface area contributed by atoms with Gasteiger partial charge < -0.3 is 20.8 Å². The third-order valence-electron chi connectivity index (χ3n) is 6.98. The summed E-state index contributed by atoms with van der Waals surface area (Å²) < 4.78 is 66.3. The Labute approximate surface area is 358 Å². The lowest BCUT2D eigenvalue weighted by Gasteiger charge is -2.16. The summed E-state index contributed by atoms with van der Waals surface area (Å²) in [6, 6.07) is 14.4. The summed E-state index contributed by atoms with van der Waals surface area (Å²) in [5.74, 6) is -3.20. The predicted octanol–water partition coefficient (Wildman–Crippen LogP) is 10.2. The lowest BCUT2D eigenvalue weighted by atomic mass is 10.1. The number of hydroxylamine groups is 2. The van der Waals surface area contributed by atoms with Crippen LogP contribution in [-0.2, 0) is 9.68 Å². The number of benzene rings is 4. The maximum atomic E-state index is 13.9. The quantitative estimate of drug-likeness (QED) is 0.0442. The summed E-state index contributed by atoms with van der Waals surface area (Å²) in [5.41, 5.74) is 4.79. The molecule has 0 saturated carbocycles. The van der Waals surface area contributed by atoms with E-state index in [9.17, 15) is 36.6 Å². The van der Waals surface area contributed by atoms with Crippen molar-refractivity contribution in [1.29, 1.82) is 0 Å². The smallest absolute Gasteiger partial charge is 0.390 e. The van der Waals surface area contributed by atoms with Gasteiger partial charge in [-0.15, -0.1) is 0 Å². The number of hydrogen-bond donors (Lipinski definition) is 6. The van der Waals surface area contributed by atoms with E-state index in [4.69, 9.17) is 56.3 Å². The zero-order valence-corrected chi connectivity index (χ0v) is 35.4. The summed E-state index contributed by atoms with van der Waals surface area (Å²) in [6.45, 7) is 2.34. The molecule has 0 aliphatic heterocycles. The predicted molar refractivity (Wildman–Crippen MR) is 217 cm³/mol. The van der Waals surface area contributed by atoms with Gasteiger partial charge in [-0.1, -0.05) is 60.3 Å². The standard InChI is InChI=1S/C18H18Cl2FIN2O3.C16H11Cl2F4IN2O3/c1-9(2)17(25)8-27-24-18(26)11-6-12(19)14(21)7-16(11)23-15-4-3-10(22)5-13(15)20;17-9-4-8(15(27)25-28-6-14(26)16(20,21)22)13(5-11(9)19)24-12-2-1-7(23)3-10(12)18/h3-7,9,17,23,25H,8H2,1-2H3,(H,24,26);1-5,14,24,26H,6H2,(H,25,27). The molecule has 4 rings (SSSR count). The van der Waals surface area contributed by atoms with Gasteiger partial charge in [0.1, 0.15) is 24.8 Å². The minimum Gasteiger partial charge on any atom is -0.390 e. The summed E-state index contributed by atoms with van der Waals surface area (Å²) in [4.78, 5) is 34.1. The van der Waals surface area contributed by atoms with Crippen LogP contribution >= 0.6 is 91.6 Å². The molecule has 4 aromatic carbocycles. The van der Waals surface area contributed by atoms with Crippen LogP contribution in [0, 0.1) is 24.7 Å². The highest BCUT2D eigenvalue weighted by atomic mass is 127. The lowest BCUT2D eigenvalue weighted by Crippen LogP contribution is -2.36. The van der Waals surface area contributed by atoms with Crippen molar-refractivity contribution in [3.8, 4) is 0 Å². The second kappa shape index (κ2) is 21.3. The molecule has 0 fully saturated rings. The Morgan fingerprint density at radius 3 is 1.44 bits per heavy atom. The maximum absolute atomic E-state index is 13.9.